The Morgan fingerprint density at radius 2 is 2.04 bits per heavy atom. The molecule has 0 heterocycles. The molecule has 0 saturated carbocycles. The van der Waals surface area contributed by atoms with E-state index in [4.69, 9.17) is 16.3 Å². The third-order valence-corrected chi connectivity index (χ3v) is 4.82. The van der Waals surface area contributed by atoms with E-state index in [-0.39, 0.29) is 5.91 Å². The molecule has 0 aliphatic carbocycles. The van der Waals surface area contributed by atoms with E-state index in [2.05, 4.69) is 11.4 Å². The van der Waals surface area contributed by atoms with Crippen LogP contribution in [0.15, 0.2) is 42.5 Å². The second kappa shape index (κ2) is 9.60. The highest BCUT2D eigenvalue weighted by Gasteiger charge is 2.05. The Hall–Kier alpha value is -1.65. The molecule has 5 heteroatoms. The van der Waals surface area contributed by atoms with Crippen LogP contribution in [0.3, 0.4) is 0 Å². The van der Waals surface area contributed by atoms with Gasteiger partial charge in [0, 0.05) is 23.1 Å². The predicted molar refractivity (Wildman–Crippen MR) is 102 cm³/mol. The molecular weight excluding hydrogens is 342 g/mol. The molecule has 128 valence electrons. The number of nitrogens with one attached hydrogen (secondary N) is 1. The summed E-state index contributed by atoms with van der Waals surface area (Å²) < 4.78 is 5.23. The first kappa shape index (κ1) is 18.7. The fourth-order valence-corrected chi connectivity index (χ4v) is 3.40. The molecule has 2 rings (SSSR count). The zero-order valence-corrected chi connectivity index (χ0v) is 15.5. The molecule has 3 nitrogen and oxygen atoms in total. The smallest absolute Gasteiger partial charge is 0.224 e. The number of thioether (sulfide) groups is 1. The van der Waals surface area contributed by atoms with Crippen molar-refractivity contribution in [1.82, 2.24) is 5.32 Å². The van der Waals surface area contributed by atoms with Crippen molar-refractivity contribution < 1.29 is 9.53 Å². The quantitative estimate of drug-likeness (QED) is 0.712. The summed E-state index contributed by atoms with van der Waals surface area (Å²) in [7, 11) is 1.65. The van der Waals surface area contributed by atoms with Gasteiger partial charge in [0.2, 0.25) is 5.91 Å². The molecule has 0 aromatic heterocycles. The number of rotatable bonds is 8. The number of carbonyl (C=O) groups is 1. The van der Waals surface area contributed by atoms with Crippen LogP contribution in [0.25, 0.3) is 0 Å². The van der Waals surface area contributed by atoms with Crippen molar-refractivity contribution in [2.75, 3.05) is 19.4 Å². The molecule has 0 spiro atoms. The number of methoxy groups -OCH3 is 1. The molecule has 0 aliphatic heterocycles. The third-order valence-electron chi connectivity index (χ3n) is 3.55. The van der Waals surface area contributed by atoms with E-state index in [0.29, 0.717) is 13.0 Å². The van der Waals surface area contributed by atoms with Gasteiger partial charge in [0.1, 0.15) is 5.75 Å². The maximum absolute atomic E-state index is 12.0. The molecule has 0 aliphatic rings. The van der Waals surface area contributed by atoms with Gasteiger partial charge in [-0.1, -0.05) is 35.9 Å². The Bertz CT molecular complexity index is 691. The van der Waals surface area contributed by atoms with Gasteiger partial charge in [-0.3, -0.25) is 4.79 Å². The van der Waals surface area contributed by atoms with Crippen LogP contribution in [0.1, 0.15) is 16.7 Å². The number of halogens is 1. The van der Waals surface area contributed by atoms with Gasteiger partial charge in [-0.05, 0) is 41.8 Å². The molecule has 24 heavy (non-hydrogen) atoms. The van der Waals surface area contributed by atoms with E-state index < -0.39 is 0 Å². The van der Waals surface area contributed by atoms with Gasteiger partial charge in [0.05, 0.1) is 13.5 Å². The van der Waals surface area contributed by atoms with Crippen LogP contribution < -0.4 is 10.1 Å². The van der Waals surface area contributed by atoms with Gasteiger partial charge in [-0.2, -0.15) is 11.8 Å². The van der Waals surface area contributed by atoms with E-state index in [9.17, 15) is 4.79 Å². The summed E-state index contributed by atoms with van der Waals surface area (Å²) in [6.07, 6.45) is 0.393. The number of hydrogen-bond donors (Lipinski definition) is 1. The summed E-state index contributed by atoms with van der Waals surface area (Å²) in [5.74, 6) is 2.66. The Labute approximate surface area is 152 Å². The second-order valence-corrected chi connectivity index (χ2v) is 7.05. The highest BCUT2D eigenvalue weighted by atomic mass is 35.5. The second-order valence-electron chi connectivity index (χ2n) is 5.51. The number of ether oxygens (including phenoxy) is 1. The average Bonchev–Trinajstić information content (AvgIpc) is 2.55. The molecule has 0 saturated heterocycles. The first-order valence-electron chi connectivity index (χ1n) is 7.81. The summed E-state index contributed by atoms with van der Waals surface area (Å²) in [5, 5.41) is 3.72. The number of hydrogen-bond acceptors (Lipinski definition) is 3. The fraction of sp³-hybridized carbons (Fsp3) is 0.316. The molecule has 0 atom stereocenters. The lowest BCUT2D eigenvalue weighted by molar-refractivity contribution is -0.120. The SMILES string of the molecule is COc1ccc(CC(=O)NCCSCc2cccc(Cl)c2)cc1C. The van der Waals surface area contributed by atoms with Crippen LogP contribution in [0.5, 0.6) is 5.75 Å². The Morgan fingerprint density at radius 3 is 2.75 bits per heavy atom. The minimum Gasteiger partial charge on any atom is -0.496 e. The summed E-state index contributed by atoms with van der Waals surface area (Å²) in [6, 6.07) is 13.7. The zero-order chi connectivity index (χ0) is 17.4. The third kappa shape index (κ3) is 6.10. The van der Waals surface area contributed by atoms with E-state index in [1.165, 1.54) is 5.56 Å². The fourth-order valence-electron chi connectivity index (χ4n) is 2.38. The standard InChI is InChI=1S/C19H22ClNO2S/c1-14-10-15(6-7-18(14)23-2)12-19(22)21-8-9-24-13-16-4-3-5-17(20)11-16/h3-7,10-11H,8-9,12-13H2,1-2H3,(H,21,22). The average molecular weight is 364 g/mol. The molecule has 0 radical (unpaired) electrons. The molecule has 0 bridgehead atoms. The lowest BCUT2D eigenvalue weighted by Gasteiger charge is -2.08. The summed E-state index contributed by atoms with van der Waals surface area (Å²) in [6.45, 7) is 2.64. The van der Waals surface area contributed by atoms with Gasteiger partial charge in [-0.15, -0.1) is 0 Å². The van der Waals surface area contributed by atoms with E-state index in [1.54, 1.807) is 18.9 Å². The minimum absolute atomic E-state index is 0.0444. The molecule has 1 amide bonds. The van der Waals surface area contributed by atoms with Gasteiger partial charge in [0.15, 0.2) is 0 Å². The van der Waals surface area contributed by atoms with Crippen LogP contribution >= 0.6 is 23.4 Å². The van der Waals surface area contributed by atoms with Crippen molar-refractivity contribution in [1.29, 1.82) is 0 Å². The summed E-state index contributed by atoms with van der Waals surface area (Å²) >= 11 is 7.74. The highest BCUT2D eigenvalue weighted by molar-refractivity contribution is 7.98. The Kier molecular flexibility index (Phi) is 7.47. The van der Waals surface area contributed by atoms with Crippen molar-refractivity contribution in [3.8, 4) is 5.75 Å². The number of aryl methyl sites for hydroxylation is 1. The normalized spacial score (nSPS) is 10.5. The van der Waals surface area contributed by atoms with Crippen molar-refractivity contribution in [3.05, 3.63) is 64.2 Å². The largest absolute Gasteiger partial charge is 0.496 e. The lowest BCUT2D eigenvalue weighted by Crippen LogP contribution is -2.27. The van der Waals surface area contributed by atoms with Crippen molar-refractivity contribution in [3.63, 3.8) is 0 Å². The van der Waals surface area contributed by atoms with Crippen LogP contribution in [-0.4, -0.2) is 25.3 Å². The summed E-state index contributed by atoms with van der Waals surface area (Å²) in [5.41, 5.74) is 3.24. The van der Waals surface area contributed by atoms with Gasteiger partial charge in [-0.25, -0.2) is 0 Å². The maximum Gasteiger partial charge on any atom is 0.224 e. The van der Waals surface area contributed by atoms with Crippen molar-refractivity contribution >= 4 is 29.3 Å². The lowest BCUT2D eigenvalue weighted by atomic mass is 10.1. The van der Waals surface area contributed by atoms with Crippen molar-refractivity contribution in [2.24, 2.45) is 0 Å². The zero-order valence-electron chi connectivity index (χ0n) is 14.0. The van der Waals surface area contributed by atoms with Crippen LogP contribution in [-0.2, 0) is 17.0 Å². The molecule has 1 N–H and O–H groups in total. The van der Waals surface area contributed by atoms with E-state index >= 15 is 0 Å². The molecule has 2 aromatic rings. The predicted octanol–water partition coefficient (Wildman–Crippen LogP) is 4.25. The number of benzene rings is 2. The van der Waals surface area contributed by atoms with E-state index in [0.717, 1.165) is 33.4 Å². The number of amides is 1. The van der Waals surface area contributed by atoms with Gasteiger partial charge >= 0.3 is 0 Å². The molecule has 0 unspecified atom stereocenters. The van der Waals surface area contributed by atoms with Crippen LogP contribution in [0.4, 0.5) is 0 Å². The van der Waals surface area contributed by atoms with E-state index in [1.807, 2.05) is 43.3 Å². The summed E-state index contributed by atoms with van der Waals surface area (Å²) in [4.78, 5) is 12.0. The van der Waals surface area contributed by atoms with Gasteiger partial charge < -0.3 is 10.1 Å². The maximum atomic E-state index is 12.0. The molecule has 0 fully saturated rings. The topological polar surface area (TPSA) is 38.3 Å². The van der Waals surface area contributed by atoms with Gasteiger partial charge in [0.25, 0.3) is 0 Å². The van der Waals surface area contributed by atoms with Crippen LogP contribution in [0, 0.1) is 6.92 Å². The number of carbonyl (C=O) groups excluding carboxylic acids is 1. The molecular formula is C19H22ClNO2S. The highest BCUT2D eigenvalue weighted by Crippen LogP contribution is 2.19. The van der Waals surface area contributed by atoms with Crippen molar-refractivity contribution in [2.45, 2.75) is 19.1 Å². The first-order chi connectivity index (χ1) is 11.6. The monoisotopic (exact) mass is 363 g/mol. The minimum atomic E-state index is 0.0444. The Balaban J connectivity index is 1.67. The van der Waals surface area contributed by atoms with Crippen LogP contribution in [0.2, 0.25) is 5.02 Å². The molecule has 2 aromatic carbocycles. The first-order valence-corrected chi connectivity index (χ1v) is 9.34. The Morgan fingerprint density at radius 1 is 1.21 bits per heavy atom.